The van der Waals surface area contributed by atoms with Crippen LogP contribution < -0.4 is 5.32 Å². The zero-order valence-corrected chi connectivity index (χ0v) is 19.8. The van der Waals surface area contributed by atoms with Crippen molar-refractivity contribution in [2.24, 2.45) is 0 Å². The average molecular weight is 460 g/mol. The molecular weight excluding hydrogens is 426 g/mol. The second-order valence-corrected chi connectivity index (χ2v) is 9.61. The second kappa shape index (κ2) is 12.4. The summed E-state index contributed by atoms with van der Waals surface area (Å²) in [4.78, 5) is 27.6. The SMILES string of the molecule is CCNC(=O)[C@H](CC)N(Cc1ccccc1)C(=O)CCCN(C)S(=O)(=O)c1ccccc1. The fraction of sp³-hybridized carbons (Fsp3) is 0.417. The summed E-state index contributed by atoms with van der Waals surface area (Å²) in [6, 6.07) is 17.2. The molecule has 32 heavy (non-hydrogen) atoms. The van der Waals surface area contributed by atoms with Crippen LogP contribution in [0.15, 0.2) is 65.6 Å². The van der Waals surface area contributed by atoms with E-state index in [1.165, 1.54) is 11.4 Å². The van der Waals surface area contributed by atoms with Gasteiger partial charge in [0, 0.05) is 33.1 Å². The molecule has 0 spiro atoms. The molecule has 2 amide bonds. The number of hydrogen-bond acceptors (Lipinski definition) is 4. The molecule has 0 aromatic heterocycles. The predicted molar refractivity (Wildman–Crippen MR) is 125 cm³/mol. The molecule has 0 radical (unpaired) electrons. The minimum atomic E-state index is -3.60. The van der Waals surface area contributed by atoms with Gasteiger partial charge in [0.2, 0.25) is 21.8 Å². The molecule has 1 atom stereocenters. The second-order valence-electron chi connectivity index (χ2n) is 7.57. The Morgan fingerprint density at radius 1 is 0.969 bits per heavy atom. The summed E-state index contributed by atoms with van der Waals surface area (Å²) in [6.07, 6.45) is 1.00. The number of benzene rings is 2. The summed E-state index contributed by atoms with van der Waals surface area (Å²) < 4.78 is 26.6. The molecule has 7 nitrogen and oxygen atoms in total. The van der Waals surface area contributed by atoms with Crippen molar-refractivity contribution < 1.29 is 18.0 Å². The zero-order chi connectivity index (χ0) is 23.6. The number of sulfonamides is 1. The van der Waals surface area contributed by atoms with Gasteiger partial charge in [0.1, 0.15) is 6.04 Å². The third-order valence-electron chi connectivity index (χ3n) is 5.25. The van der Waals surface area contributed by atoms with Gasteiger partial charge < -0.3 is 10.2 Å². The van der Waals surface area contributed by atoms with Gasteiger partial charge in [-0.2, -0.15) is 0 Å². The van der Waals surface area contributed by atoms with Gasteiger partial charge in [0.25, 0.3) is 0 Å². The van der Waals surface area contributed by atoms with E-state index in [0.29, 0.717) is 25.9 Å². The van der Waals surface area contributed by atoms with Crippen molar-refractivity contribution in [2.45, 2.75) is 50.6 Å². The van der Waals surface area contributed by atoms with Crippen molar-refractivity contribution >= 4 is 21.8 Å². The van der Waals surface area contributed by atoms with Gasteiger partial charge in [0.05, 0.1) is 4.90 Å². The summed E-state index contributed by atoms with van der Waals surface area (Å²) >= 11 is 0. The van der Waals surface area contributed by atoms with Crippen LogP contribution in [0.2, 0.25) is 0 Å². The van der Waals surface area contributed by atoms with Crippen LogP contribution in [0.25, 0.3) is 0 Å². The van der Waals surface area contributed by atoms with Crippen LogP contribution >= 0.6 is 0 Å². The first-order valence-electron chi connectivity index (χ1n) is 10.9. The molecule has 0 aliphatic rings. The van der Waals surface area contributed by atoms with E-state index in [0.717, 1.165) is 5.56 Å². The molecule has 0 fully saturated rings. The van der Waals surface area contributed by atoms with E-state index in [1.807, 2.05) is 44.2 Å². The summed E-state index contributed by atoms with van der Waals surface area (Å²) in [5.41, 5.74) is 0.937. The number of nitrogens with one attached hydrogen (secondary N) is 1. The molecule has 2 aromatic rings. The van der Waals surface area contributed by atoms with E-state index in [-0.39, 0.29) is 29.7 Å². The van der Waals surface area contributed by atoms with Crippen molar-refractivity contribution in [2.75, 3.05) is 20.1 Å². The fourth-order valence-electron chi connectivity index (χ4n) is 3.48. The van der Waals surface area contributed by atoms with Crippen molar-refractivity contribution in [1.29, 1.82) is 0 Å². The summed E-state index contributed by atoms with van der Waals surface area (Å²) in [5, 5.41) is 2.81. The van der Waals surface area contributed by atoms with Crippen molar-refractivity contribution in [3.8, 4) is 0 Å². The molecular formula is C24H33N3O4S. The Morgan fingerprint density at radius 3 is 2.12 bits per heavy atom. The molecule has 0 saturated carbocycles. The van der Waals surface area contributed by atoms with Gasteiger partial charge in [0.15, 0.2) is 0 Å². The molecule has 0 unspecified atom stereocenters. The Hall–Kier alpha value is -2.71. The maximum Gasteiger partial charge on any atom is 0.242 e. The highest BCUT2D eigenvalue weighted by atomic mass is 32.2. The highest BCUT2D eigenvalue weighted by Crippen LogP contribution is 2.17. The van der Waals surface area contributed by atoms with Gasteiger partial charge >= 0.3 is 0 Å². The molecule has 2 aromatic carbocycles. The van der Waals surface area contributed by atoms with Crippen LogP contribution in [0.1, 0.15) is 38.7 Å². The van der Waals surface area contributed by atoms with Gasteiger partial charge in [-0.15, -0.1) is 0 Å². The van der Waals surface area contributed by atoms with Crippen LogP contribution in [0, 0.1) is 0 Å². The first kappa shape index (κ1) is 25.5. The monoisotopic (exact) mass is 459 g/mol. The van der Waals surface area contributed by atoms with E-state index in [2.05, 4.69) is 5.32 Å². The smallest absolute Gasteiger partial charge is 0.242 e. The van der Waals surface area contributed by atoms with E-state index in [1.54, 1.807) is 35.2 Å². The van der Waals surface area contributed by atoms with Crippen molar-refractivity contribution in [1.82, 2.24) is 14.5 Å². The average Bonchev–Trinajstić information content (AvgIpc) is 2.80. The fourth-order valence-corrected chi connectivity index (χ4v) is 4.71. The van der Waals surface area contributed by atoms with E-state index >= 15 is 0 Å². The molecule has 0 bridgehead atoms. The van der Waals surface area contributed by atoms with Crippen LogP contribution in [0.4, 0.5) is 0 Å². The van der Waals surface area contributed by atoms with Gasteiger partial charge in [-0.05, 0) is 37.5 Å². The Kier molecular flexibility index (Phi) is 9.87. The molecule has 0 heterocycles. The highest BCUT2D eigenvalue weighted by molar-refractivity contribution is 7.89. The first-order chi connectivity index (χ1) is 15.3. The first-order valence-corrected chi connectivity index (χ1v) is 12.4. The lowest BCUT2D eigenvalue weighted by Gasteiger charge is -2.31. The predicted octanol–water partition coefficient (Wildman–Crippen LogP) is 3.03. The highest BCUT2D eigenvalue weighted by Gasteiger charge is 2.28. The van der Waals surface area contributed by atoms with Crippen LogP contribution in [-0.2, 0) is 26.2 Å². The van der Waals surface area contributed by atoms with Crippen LogP contribution in [0.3, 0.4) is 0 Å². The minimum absolute atomic E-state index is 0.150. The lowest BCUT2D eigenvalue weighted by atomic mass is 10.1. The zero-order valence-electron chi connectivity index (χ0n) is 19.0. The number of carbonyl (C=O) groups excluding carboxylic acids is 2. The number of hydrogen-bond donors (Lipinski definition) is 1. The third-order valence-corrected chi connectivity index (χ3v) is 7.12. The Bertz CT molecular complexity index is 965. The molecule has 0 saturated heterocycles. The Morgan fingerprint density at radius 2 is 1.56 bits per heavy atom. The molecule has 174 valence electrons. The van der Waals surface area contributed by atoms with Crippen LogP contribution in [-0.4, -0.2) is 55.6 Å². The number of carbonyl (C=O) groups is 2. The number of nitrogens with zero attached hydrogens (tertiary/aromatic N) is 2. The number of rotatable bonds is 12. The van der Waals surface area contributed by atoms with Gasteiger partial charge in [-0.1, -0.05) is 55.5 Å². The lowest BCUT2D eigenvalue weighted by Crippen LogP contribution is -2.49. The maximum atomic E-state index is 13.1. The topological polar surface area (TPSA) is 86.8 Å². The van der Waals surface area contributed by atoms with Gasteiger partial charge in [-0.3, -0.25) is 9.59 Å². The standard InChI is InChI=1S/C24H33N3O4S/c1-4-22(24(29)25-5-2)27(19-20-13-8-6-9-14-20)23(28)17-12-18-26(3)32(30,31)21-15-10-7-11-16-21/h6-11,13-16,22H,4-5,12,17-19H2,1-3H3,(H,25,29)/t22-/m0/s1. The largest absolute Gasteiger partial charge is 0.355 e. The molecule has 1 N–H and O–H groups in total. The van der Waals surface area contributed by atoms with Gasteiger partial charge in [-0.25, -0.2) is 12.7 Å². The van der Waals surface area contributed by atoms with E-state index in [9.17, 15) is 18.0 Å². The van der Waals surface area contributed by atoms with E-state index < -0.39 is 16.1 Å². The Labute approximate surface area is 191 Å². The molecule has 0 aliphatic carbocycles. The molecule has 8 heteroatoms. The van der Waals surface area contributed by atoms with E-state index in [4.69, 9.17) is 0 Å². The van der Waals surface area contributed by atoms with Crippen LogP contribution in [0.5, 0.6) is 0 Å². The molecule has 0 aliphatic heterocycles. The third kappa shape index (κ3) is 6.90. The van der Waals surface area contributed by atoms with Crippen molar-refractivity contribution in [3.05, 3.63) is 66.2 Å². The minimum Gasteiger partial charge on any atom is -0.355 e. The molecule has 2 rings (SSSR count). The summed E-state index contributed by atoms with van der Waals surface area (Å²) in [7, 11) is -2.09. The Balaban J connectivity index is 2.07. The summed E-state index contributed by atoms with van der Waals surface area (Å²) in [5.74, 6) is -0.347. The van der Waals surface area contributed by atoms with Crippen molar-refractivity contribution in [3.63, 3.8) is 0 Å². The normalized spacial score (nSPS) is 12.4. The number of likely N-dealkylation sites (N-methyl/N-ethyl adjacent to an activating group) is 1. The quantitative estimate of drug-likeness (QED) is 0.529. The summed E-state index contributed by atoms with van der Waals surface area (Å²) in [6.45, 7) is 4.75. The maximum absolute atomic E-state index is 13.1. The number of amides is 2. The lowest BCUT2D eigenvalue weighted by molar-refractivity contribution is -0.141.